The second kappa shape index (κ2) is 17.3. The molecule has 232 valence electrons. The molecule has 0 amide bonds. The van der Waals surface area contributed by atoms with E-state index in [4.69, 9.17) is 9.47 Å². The van der Waals surface area contributed by atoms with Gasteiger partial charge in [-0.3, -0.25) is 9.80 Å². The highest BCUT2D eigenvalue weighted by atomic mass is 16.5. The highest BCUT2D eigenvalue weighted by Gasteiger charge is 2.19. The summed E-state index contributed by atoms with van der Waals surface area (Å²) in [6, 6.07) is 7.89. The lowest BCUT2D eigenvalue weighted by Gasteiger charge is -2.33. The summed E-state index contributed by atoms with van der Waals surface area (Å²) >= 11 is 0. The SMILES string of the molecule is CCc1cc(CN2CCN(CC)CCN(Cc3cc(CC)cc(C(=O)OC)n3)CCN(CC)CC2)nc(C(=O)OC)c1. The van der Waals surface area contributed by atoms with Gasteiger partial charge in [0.15, 0.2) is 0 Å². The van der Waals surface area contributed by atoms with Crippen LogP contribution in [0.4, 0.5) is 0 Å². The predicted octanol–water partition coefficient (Wildman–Crippen LogP) is 3.14. The second-order valence-electron chi connectivity index (χ2n) is 10.8. The number of hydrogen-bond acceptors (Lipinski definition) is 10. The van der Waals surface area contributed by atoms with Gasteiger partial charge in [0.1, 0.15) is 11.4 Å². The van der Waals surface area contributed by atoms with E-state index in [1.807, 2.05) is 12.1 Å². The van der Waals surface area contributed by atoms with E-state index in [-0.39, 0.29) is 0 Å². The summed E-state index contributed by atoms with van der Waals surface area (Å²) in [5.41, 5.74) is 4.77. The van der Waals surface area contributed by atoms with Crippen molar-refractivity contribution in [3.63, 3.8) is 0 Å². The molecule has 0 spiro atoms. The molecule has 0 N–H and O–H groups in total. The molecule has 3 rings (SSSR count). The zero-order valence-electron chi connectivity index (χ0n) is 26.5. The van der Waals surface area contributed by atoms with Crippen molar-refractivity contribution in [1.29, 1.82) is 0 Å². The Bertz CT molecular complexity index is 1050. The van der Waals surface area contributed by atoms with Gasteiger partial charge in [0, 0.05) is 65.4 Å². The third-order valence-electron chi connectivity index (χ3n) is 8.08. The molecule has 0 aliphatic carbocycles. The molecule has 0 atom stereocenters. The topological polar surface area (TPSA) is 91.3 Å². The quantitative estimate of drug-likeness (QED) is 0.389. The molecule has 3 heterocycles. The predicted molar refractivity (Wildman–Crippen MR) is 165 cm³/mol. The Labute approximate surface area is 252 Å². The molecule has 0 aromatic carbocycles. The minimum absolute atomic E-state index is 0.379. The van der Waals surface area contributed by atoms with Crippen LogP contribution in [0.5, 0.6) is 0 Å². The summed E-state index contributed by atoms with van der Waals surface area (Å²) in [6.07, 6.45) is 1.68. The fourth-order valence-electron chi connectivity index (χ4n) is 5.28. The molecule has 10 nitrogen and oxygen atoms in total. The lowest BCUT2D eigenvalue weighted by Crippen LogP contribution is -2.45. The first kappa shape index (κ1) is 33.6. The largest absolute Gasteiger partial charge is 0.464 e. The van der Waals surface area contributed by atoms with Gasteiger partial charge in [0.05, 0.1) is 25.6 Å². The molecule has 0 unspecified atom stereocenters. The highest BCUT2D eigenvalue weighted by Crippen LogP contribution is 2.14. The first-order chi connectivity index (χ1) is 20.3. The van der Waals surface area contributed by atoms with E-state index in [0.29, 0.717) is 24.5 Å². The molecular formula is C32H50N6O4. The highest BCUT2D eigenvalue weighted by molar-refractivity contribution is 5.87. The zero-order chi connectivity index (χ0) is 30.5. The molecule has 0 bridgehead atoms. The normalized spacial score (nSPS) is 16.9. The Balaban J connectivity index is 1.75. The van der Waals surface area contributed by atoms with Gasteiger partial charge in [0.25, 0.3) is 0 Å². The summed E-state index contributed by atoms with van der Waals surface area (Å²) in [7, 11) is 2.80. The Kier molecular flexibility index (Phi) is 13.8. The van der Waals surface area contributed by atoms with Crippen molar-refractivity contribution in [3.05, 3.63) is 58.2 Å². The summed E-state index contributed by atoms with van der Waals surface area (Å²) in [5, 5.41) is 0. The Morgan fingerprint density at radius 3 is 1.21 bits per heavy atom. The lowest BCUT2D eigenvalue weighted by atomic mass is 10.1. The number of pyridine rings is 2. The molecule has 10 heteroatoms. The third kappa shape index (κ3) is 10.1. The number of aromatic nitrogens is 2. The third-order valence-corrected chi connectivity index (χ3v) is 8.08. The fraction of sp³-hybridized carbons (Fsp3) is 0.625. The van der Waals surface area contributed by atoms with Crippen LogP contribution in [-0.2, 0) is 35.4 Å². The van der Waals surface area contributed by atoms with Gasteiger partial charge >= 0.3 is 11.9 Å². The molecule has 1 aliphatic rings. The standard InChI is InChI=1S/C32H50N6O4/c1-7-25-19-27(33-29(21-25)31(39)41-5)23-37-15-11-35(9-3)13-17-38(18-14-36(10-4)12-16-37)24-28-20-26(8-2)22-30(34-28)32(40)42-6/h19-22H,7-18,23-24H2,1-6H3. The number of carbonyl (C=O) groups is 2. The second-order valence-corrected chi connectivity index (χ2v) is 10.8. The van der Waals surface area contributed by atoms with Crippen molar-refractivity contribution in [1.82, 2.24) is 29.6 Å². The zero-order valence-corrected chi connectivity index (χ0v) is 26.5. The number of ether oxygens (including phenoxy) is 2. The van der Waals surface area contributed by atoms with E-state index < -0.39 is 11.9 Å². The maximum Gasteiger partial charge on any atom is 0.356 e. The van der Waals surface area contributed by atoms with Gasteiger partial charge in [-0.25, -0.2) is 19.6 Å². The minimum atomic E-state index is -0.391. The number of nitrogens with zero attached hydrogens (tertiary/aromatic N) is 6. The first-order valence-corrected chi connectivity index (χ1v) is 15.4. The molecule has 42 heavy (non-hydrogen) atoms. The van der Waals surface area contributed by atoms with Crippen molar-refractivity contribution in [2.75, 3.05) is 79.7 Å². The van der Waals surface area contributed by atoms with E-state index in [1.165, 1.54) is 14.2 Å². The van der Waals surface area contributed by atoms with Crippen LogP contribution in [0.3, 0.4) is 0 Å². The average molecular weight is 583 g/mol. The van der Waals surface area contributed by atoms with Crippen LogP contribution in [-0.4, -0.2) is 121 Å². The van der Waals surface area contributed by atoms with Gasteiger partial charge in [-0.05, 0) is 61.3 Å². The molecule has 1 saturated heterocycles. The van der Waals surface area contributed by atoms with Crippen molar-refractivity contribution >= 4 is 11.9 Å². The maximum atomic E-state index is 12.2. The van der Waals surface area contributed by atoms with Crippen molar-refractivity contribution in [2.45, 2.75) is 53.6 Å². The number of likely N-dealkylation sites (N-methyl/N-ethyl adjacent to an activating group) is 2. The Morgan fingerprint density at radius 2 is 0.929 bits per heavy atom. The fourth-order valence-corrected chi connectivity index (χ4v) is 5.28. The van der Waals surface area contributed by atoms with Gasteiger partial charge < -0.3 is 19.3 Å². The average Bonchev–Trinajstić information content (AvgIpc) is 3.02. The van der Waals surface area contributed by atoms with E-state index in [1.54, 1.807) is 0 Å². The van der Waals surface area contributed by atoms with E-state index in [0.717, 1.165) is 101 Å². The first-order valence-electron chi connectivity index (χ1n) is 15.4. The Morgan fingerprint density at radius 1 is 0.595 bits per heavy atom. The summed E-state index contributed by atoms with van der Waals surface area (Å²) in [4.78, 5) is 43.7. The monoisotopic (exact) mass is 582 g/mol. The number of carbonyl (C=O) groups excluding carboxylic acids is 2. The van der Waals surface area contributed by atoms with Gasteiger partial charge in [-0.2, -0.15) is 0 Å². The number of methoxy groups -OCH3 is 2. The smallest absolute Gasteiger partial charge is 0.356 e. The van der Waals surface area contributed by atoms with Crippen LogP contribution < -0.4 is 0 Å². The van der Waals surface area contributed by atoms with Gasteiger partial charge in [0.2, 0.25) is 0 Å². The van der Waals surface area contributed by atoms with Crippen LogP contribution in [0.25, 0.3) is 0 Å². The Hall–Kier alpha value is -2.92. The van der Waals surface area contributed by atoms with Crippen molar-refractivity contribution in [3.8, 4) is 0 Å². The summed E-state index contributed by atoms with van der Waals surface area (Å²) < 4.78 is 9.91. The van der Waals surface area contributed by atoms with Crippen molar-refractivity contribution in [2.24, 2.45) is 0 Å². The van der Waals surface area contributed by atoms with Crippen LogP contribution in [0.15, 0.2) is 24.3 Å². The van der Waals surface area contributed by atoms with Crippen molar-refractivity contribution < 1.29 is 19.1 Å². The van der Waals surface area contributed by atoms with Gasteiger partial charge in [-0.1, -0.05) is 27.7 Å². The maximum absolute atomic E-state index is 12.2. The number of hydrogen-bond donors (Lipinski definition) is 0. The van der Waals surface area contributed by atoms with E-state index >= 15 is 0 Å². The number of aryl methyl sites for hydroxylation is 2. The lowest BCUT2D eigenvalue weighted by molar-refractivity contribution is 0.0584. The molecule has 0 radical (unpaired) electrons. The number of esters is 2. The minimum Gasteiger partial charge on any atom is -0.464 e. The molecule has 2 aromatic rings. The molecule has 1 aliphatic heterocycles. The molecule has 2 aromatic heterocycles. The summed E-state index contributed by atoms with van der Waals surface area (Å²) in [5.74, 6) is -0.783. The number of rotatable bonds is 10. The van der Waals surface area contributed by atoms with Gasteiger partial charge in [-0.15, -0.1) is 0 Å². The van der Waals surface area contributed by atoms with Crippen LogP contribution in [0.2, 0.25) is 0 Å². The molecule has 1 fully saturated rings. The van der Waals surface area contributed by atoms with E-state index in [9.17, 15) is 9.59 Å². The summed E-state index contributed by atoms with van der Waals surface area (Å²) in [6.45, 7) is 19.4. The molecular weight excluding hydrogens is 532 g/mol. The van der Waals surface area contributed by atoms with E-state index in [2.05, 4.69) is 69.4 Å². The van der Waals surface area contributed by atoms with Crippen LogP contribution >= 0.6 is 0 Å². The van der Waals surface area contributed by atoms with Crippen LogP contribution in [0.1, 0.15) is 71.2 Å². The molecule has 0 saturated carbocycles. The van der Waals surface area contributed by atoms with Crippen LogP contribution in [0, 0.1) is 0 Å².